The van der Waals surface area contributed by atoms with Gasteiger partial charge in [0.2, 0.25) is 0 Å². The first-order valence-electron chi connectivity index (χ1n) is 9.89. The number of hydrogen-bond acceptors (Lipinski definition) is 5. The normalized spacial score (nSPS) is 12.0. The molecule has 0 fully saturated rings. The van der Waals surface area contributed by atoms with Gasteiger partial charge >= 0.3 is 6.18 Å². The van der Waals surface area contributed by atoms with Gasteiger partial charge in [0, 0.05) is 30.4 Å². The Balaban J connectivity index is 2.16. The SMILES string of the molecule is CCNCCn1cc(-c2ccc(F)c(C(F)(F)F)c2)nc1-c1ncnc(N)c1C(C)C. The third-order valence-electron chi connectivity index (χ3n) is 4.83. The Morgan fingerprint density at radius 1 is 1.19 bits per heavy atom. The largest absolute Gasteiger partial charge is 0.419 e. The summed E-state index contributed by atoms with van der Waals surface area (Å²) in [5.74, 6) is -0.539. The van der Waals surface area contributed by atoms with E-state index in [9.17, 15) is 17.6 Å². The number of alkyl halides is 3. The van der Waals surface area contributed by atoms with Crippen LogP contribution in [0.25, 0.3) is 22.8 Å². The van der Waals surface area contributed by atoms with Gasteiger partial charge in [0.1, 0.15) is 23.7 Å². The van der Waals surface area contributed by atoms with Crippen molar-refractivity contribution < 1.29 is 17.6 Å². The van der Waals surface area contributed by atoms with Crippen LogP contribution < -0.4 is 11.1 Å². The van der Waals surface area contributed by atoms with E-state index in [0.29, 0.717) is 36.0 Å². The number of benzene rings is 1. The fraction of sp³-hybridized carbons (Fsp3) is 0.381. The zero-order valence-electron chi connectivity index (χ0n) is 17.5. The molecule has 2 heterocycles. The van der Waals surface area contributed by atoms with E-state index in [1.54, 1.807) is 6.20 Å². The maximum Gasteiger partial charge on any atom is 0.419 e. The lowest BCUT2D eigenvalue weighted by molar-refractivity contribution is -0.139. The van der Waals surface area contributed by atoms with Crippen molar-refractivity contribution in [1.29, 1.82) is 0 Å². The standard InChI is InChI=1S/C21H24F4N6/c1-4-27-7-8-31-10-16(13-5-6-15(22)14(9-13)21(23,24)25)30-20(31)18-17(12(2)3)19(26)29-11-28-18/h5-6,9-12,27H,4,7-8H2,1-3H3,(H2,26,28,29). The highest BCUT2D eigenvalue weighted by Crippen LogP contribution is 2.36. The van der Waals surface area contributed by atoms with E-state index in [4.69, 9.17) is 5.73 Å². The number of halogens is 4. The fourth-order valence-electron chi connectivity index (χ4n) is 3.35. The minimum Gasteiger partial charge on any atom is -0.383 e. The molecule has 10 heteroatoms. The highest BCUT2D eigenvalue weighted by Gasteiger charge is 2.34. The van der Waals surface area contributed by atoms with Gasteiger partial charge in [-0.05, 0) is 30.7 Å². The molecule has 0 spiro atoms. The monoisotopic (exact) mass is 436 g/mol. The molecule has 0 aliphatic rings. The van der Waals surface area contributed by atoms with E-state index in [0.717, 1.165) is 18.7 Å². The molecule has 0 saturated heterocycles. The number of nitrogens with zero attached hydrogens (tertiary/aromatic N) is 4. The van der Waals surface area contributed by atoms with Crippen LogP contribution in [0, 0.1) is 5.82 Å². The number of anilines is 1. The van der Waals surface area contributed by atoms with E-state index in [1.807, 2.05) is 25.3 Å². The number of rotatable bonds is 7. The van der Waals surface area contributed by atoms with Gasteiger partial charge in [-0.15, -0.1) is 0 Å². The predicted octanol–water partition coefficient (Wildman–Crippen LogP) is 4.48. The second kappa shape index (κ2) is 9.01. The molecule has 0 aliphatic carbocycles. The molecule has 6 nitrogen and oxygen atoms in total. The van der Waals surface area contributed by atoms with Crippen LogP contribution in [0.5, 0.6) is 0 Å². The maximum absolute atomic E-state index is 13.7. The molecule has 2 aromatic heterocycles. The Hall–Kier alpha value is -3.01. The summed E-state index contributed by atoms with van der Waals surface area (Å²) in [5, 5.41) is 3.21. The van der Waals surface area contributed by atoms with E-state index in [-0.39, 0.29) is 17.2 Å². The average Bonchev–Trinajstić information content (AvgIpc) is 3.11. The Bertz CT molecular complexity index is 1060. The fourth-order valence-corrected chi connectivity index (χ4v) is 3.35. The van der Waals surface area contributed by atoms with Gasteiger partial charge in [-0.2, -0.15) is 13.2 Å². The highest BCUT2D eigenvalue weighted by molar-refractivity contribution is 5.68. The van der Waals surface area contributed by atoms with Crippen LogP contribution in [0.2, 0.25) is 0 Å². The Kier molecular flexibility index (Phi) is 6.59. The highest BCUT2D eigenvalue weighted by atomic mass is 19.4. The molecular weight excluding hydrogens is 412 g/mol. The maximum atomic E-state index is 13.7. The van der Waals surface area contributed by atoms with Crippen molar-refractivity contribution in [1.82, 2.24) is 24.8 Å². The minimum absolute atomic E-state index is 0.00113. The average molecular weight is 436 g/mol. The minimum atomic E-state index is -4.80. The summed E-state index contributed by atoms with van der Waals surface area (Å²) in [4.78, 5) is 13.0. The molecule has 1 aromatic carbocycles. The van der Waals surface area contributed by atoms with Crippen LogP contribution in [0.15, 0.2) is 30.7 Å². The van der Waals surface area contributed by atoms with E-state index >= 15 is 0 Å². The molecule has 0 atom stereocenters. The number of nitrogen functional groups attached to an aromatic ring is 1. The molecule has 31 heavy (non-hydrogen) atoms. The second-order valence-electron chi connectivity index (χ2n) is 7.36. The summed E-state index contributed by atoms with van der Waals surface area (Å²) < 4.78 is 55.1. The van der Waals surface area contributed by atoms with Gasteiger partial charge in [-0.1, -0.05) is 20.8 Å². The van der Waals surface area contributed by atoms with Crippen molar-refractivity contribution in [2.24, 2.45) is 0 Å². The molecule has 0 unspecified atom stereocenters. The van der Waals surface area contributed by atoms with Crippen molar-refractivity contribution in [3.05, 3.63) is 47.7 Å². The van der Waals surface area contributed by atoms with Crippen LogP contribution in [0.1, 0.15) is 37.8 Å². The Labute approximate surface area is 177 Å². The lowest BCUT2D eigenvalue weighted by Crippen LogP contribution is -2.19. The number of imidazole rings is 1. The zero-order chi connectivity index (χ0) is 22.8. The molecule has 0 saturated carbocycles. The van der Waals surface area contributed by atoms with Crippen LogP contribution in [-0.4, -0.2) is 32.6 Å². The Morgan fingerprint density at radius 3 is 2.58 bits per heavy atom. The van der Waals surface area contributed by atoms with Gasteiger partial charge in [0.05, 0.1) is 11.3 Å². The smallest absolute Gasteiger partial charge is 0.383 e. The van der Waals surface area contributed by atoms with Crippen LogP contribution in [-0.2, 0) is 12.7 Å². The molecule has 3 aromatic rings. The summed E-state index contributed by atoms with van der Waals surface area (Å²) in [5.41, 5.74) is 6.40. The lowest BCUT2D eigenvalue weighted by Gasteiger charge is -2.14. The molecule has 166 valence electrons. The summed E-state index contributed by atoms with van der Waals surface area (Å²) in [6.07, 6.45) is -1.83. The quantitative estimate of drug-likeness (QED) is 0.422. The lowest BCUT2D eigenvalue weighted by atomic mass is 10.0. The molecule has 0 bridgehead atoms. The molecule has 3 N–H and O–H groups in total. The van der Waals surface area contributed by atoms with E-state index in [1.165, 1.54) is 12.4 Å². The second-order valence-corrected chi connectivity index (χ2v) is 7.36. The van der Waals surface area contributed by atoms with Crippen molar-refractivity contribution in [3.8, 4) is 22.8 Å². The Morgan fingerprint density at radius 2 is 1.94 bits per heavy atom. The predicted molar refractivity (Wildman–Crippen MR) is 111 cm³/mol. The molecule has 0 aliphatic heterocycles. The number of nitrogens with two attached hydrogens (primary N) is 1. The first kappa shape index (κ1) is 22.7. The zero-order valence-corrected chi connectivity index (χ0v) is 17.5. The summed E-state index contributed by atoms with van der Waals surface area (Å²) in [6, 6.07) is 2.86. The number of hydrogen-bond donors (Lipinski definition) is 2. The van der Waals surface area contributed by atoms with Crippen molar-refractivity contribution >= 4 is 5.82 Å². The first-order chi connectivity index (χ1) is 14.6. The van der Waals surface area contributed by atoms with Gasteiger partial charge in [0.25, 0.3) is 0 Å². The van der Waals surface area contributed by atoms with Crippen molar-refractivity contribution in [2.75, 3.05) is 18.8 Å². The summed E-state index contributed by atoms with van der Waals surface area (Å²) >= 11 is 0. The van der Waals surface area contributed by atoms with E-state index < -0.39 is 17.6 Å². The summed E-state index contributed by atoms with van der Waals surface area (Å²) in [7, 11) is 0. The van der Waals surface area contributed by atoms with Gasteiger partial charge in [0.15, 0.2) is 5.82 Å². The molecule has 0 amide bonds. The van der Waals surface area contributed by atoms with Crippen LogP contribution >= 0.6 is 0 Å². The number of nitrogens with one attached hydrogen (secondary N) is 1. The first-order valence-corrected chi connectivity index (χ1v) is 9.89. The summed E-state index contributed by atoms with van der Waals surface area (Å²) in [6.45, 7) is 7.75. The van der Waals surface area contributed by atoms with Gasteiger partial charge in [-0.3, -0.25) is 0 Å². The van der Waals surface area contributed by atoms with Crippen molar-refractivity contribution in [3.63, 3.8) is 0 Å². The van der Waals surface area contributed by atoms with Gasteiger partial charge < -0.3 is 15.6 Å². The van der Waals surface area contributed by atoms with Gasteiger partial charge in [-0.25, -0.2) is 19.3 Å². The molecule has 3 rings (SSSR count). The molecular formula is C21H24F4N6. The van der Waals surface area contributed by atoms with Crippen LogP contribution in [0.3, 0.4) is 0 Å². The number of aromatic nitrogens is 4. The third kappa shape index (κ3) is 4.84. The third-order valence-corrected chi connectivity index (χ3v) is 4.83. The van der Waals surface area contributed by atoms with Crippen molar-refractivity contribution in [2.45, 2.75) is 39.4 Å². The topological polar surface area (TPSA) is 81.7 Å². The van der Waals surface area contributed by atoms with Crippen LogP contribution in [0.4, 0.5) is 23.4 Å². The number of likely N-dealkylation sites (N-methyl/N-ethyl adjacent to an activating group) is 1. The van der Waals surface area contributed by atoms with E-state index in [2.05, 4.69) is 20.3 Å². The molecule has 0 radical (unpaired) electrons.